The van der Waals surface area contributed by atoms with E-state index in [1.807, 2.05) is 13.3 Å². The summed E-state index contributed by atoms with van der Waals surface area (Å²) in [5.41, 5.74) is 1.33. The van der Waals surface area contributed by atoms with E-state index in [0.717, 1.165) is 0 Å². The topological polar surface area (TPSA) is 60.7 Å². The van der Waals surface area contributed by atoms with Crippen molar-refractivity contribution >= 4 is 34.4 Å². The van der Waals surface area contributed by atoms with Crippen molar-refractivity contribution in [3.63, 3.8) is 0 Å². The molecule has 0 fully saturated rings. The predicted molar refractivity (Wildman–Crippen MR) is 84.8 cm³/mol. The second-order valence-corrected chi connectivity index (χ2v) is 5.59. The average molecular weight is 319 g/mol. The summed E-state index contributed by atoms with van der Waals surface area (Å²) in [7, 11) is 1.83. The Balaban J connectivity index is 2.35. The molecule has 0 atom stereocenters. The SMILES string of the molecule is CSc1ncc2c(=O)c(-c3ncccc3Cl)cn(C)c2n1. The van der Waals surface area contributed by atoms with Gasteiger partial charge in [-0.05, 0) is 18.4 Å². The third kappa shape index (κ3) is 2.41. The first-order chi connectivity index (χ1) is 10.1. The Labute approximate surface area is 130 Å². The first-order valence-electron chi connectivity index (χ1n) is 6.13. The molecule has 0 spiro atoms. The number of nitrogens with zero attached hydrogens (tertiary/aromatic N) is 4. The molecule has 21 heavy (non-hydrogen) atoms. The molecular weight excluding hydrogens is 308 g/mol. The van der Waals surface area contributed by atoms with Gasteiger partial charge in [0.1, 0.15) is 5.65 Å². The number of hydrogen-bond acceptors (Lipinski definition) is 5. The van der Waals surface area contributed by atoms with Crippen LogP contribution in [-0.4, -0.2) is 25.8 Å². The van der Waals surface area contributed by atoms with Crippen molar-refractivity contribution in [3.05, 3.63) is 46.0 Å². The lowest BCUT2D eigenvalue weighted by atomic mass is 10.1. The predicted octanol–water partition coefficient (Wildman–Crippen LogP) is 2.77. The van der Waals surface area contributed by atoms with Crippen LogP contribution in [0, 0.1) is 0 Å². The number of aromatic nitrogens is 4. The van der Waals surface area contributed by atoms with Crippen molar-refractivity contribution in [1.29, 1.82) is 0 Å². The van der Waals surface area contributed by atoms with Crippen LogP contribution in [0.5, 0.6) is 0 Å². The van der Waals surface area contributed by atoms with Gasteiger partial charge in [-0.25, -0.2) is 9.97 Å². The maximum atomic E-state index is 12.6. The highest BCUT2D eigenvalue weighted by atomic mass is 35.5. The Morgan fingerprint density at radius 3 is 2.86 bits per heavy atom. The third-order valence-electron chi connectivity index (χ3n) is 3.09. The fourth-order valence-electron chi connectivity index (χ4n) is 2.10. The van der Waals surface area contributed by atoms with E-state index in [4.69, 9.17) is 11.6 Å². The molecule has 3 aromatic rings. The summed E-state index contributed by atoms with van der Waals surface area (Å²) in [5, 5.41) is 1.52. The Morgan fingerprint density at radius 1 is 1.33 bits per heavy atom. The molecule has 0 aliphatic heterocycles. The molecule has 0 radical (unpaired) electrons. The molecule has 0 unspecified atom stereocenters. The van der Waals surface area contributed by atoms with Crippen LogP contribution >= 0.6 is 23.4 Å². The quantitative estimate of drug-likeness (QED) is 0.537. The summed E-state index contributed by atoms with van der Waals surface area (Å²) in [6.45, 7) is 0. The lowest BCUT2D eigenvalue weighted by Crippen LogP contribution is -2.13. The molecule has 0 aliphatic rings. The van der Waals surface area contributed by atoms with Gasteiger partial charge in [0.05, 0.1) is 21.7 Å². The summed E-state index contributed by atoms with van der Waals surface area (Å²) in [5.74, 6) is 0. The van der Waals surface area contributed by atoms with E-state index >= 15 is 0 Å². The Hall–Kier alpha value is -1.92. The molecular formula is C14H11ClN4OS. The van der Waals surface area contributed by atoms with Crippen LogP contribution in [0.2, 0.25) is 5.02 Å². The van der Waals surface area contributed by atoms with Crippen LogP contribution in [-0.2, 0) is 7.05 Å². The van der Waals surface area contributed by atoms with Gasteiger partial charge in [0, 0.05) is 25.6 Å². The van der Waals surface area contributed by atoms with Crippen molar-refractivity contribution < 1.29 is 0 Å². The normalized spacial score (nSPS) is 11.0. The van der Waals surface area contributed by atoms with Gasteiger partial charge in [0.15, 0.2) is 5.16 Å². The second-order valence-electron chi connectivity index (χ2n) is 4.41. The smallest absolute Gasteiger partial charge is 0.202 e. The lowest BCUT2D eigenvalue weighted by molar-refractivity contribution is 0.889. The van der Waals surface area contributed by atoms with E-state index in [9.17, 15) is 4.79 Å². The molecule has 5 nitrogen and oxygen atoms in total. The van der Waals surface area contributed by atoms with Crippen molar-refractivity contribution in [2.24, 2.45) is 7.05 Å². The van der Waals surface area contributed by atoms with Gasteiger partial charge in [-0.2, -0.15) is 0 Å². The first-order valence-corrected chi connectivity index (χ1v) is 7.73. The van der Waals surface area contributed by atoms with Gasteiger partial charge < -0.3 is 4.57 Å². The molecule has 3 heterocycles. The number of fused-ring (bicyclic) bond motifs is 1. The zero-order valence-electron chi connectivity index (χ0n) is 11.4. The number of halogens is 1. The molecule has 7 heteroatoms. The van der Waals surface area contributed by atoms with Crippen LogP contribution in [0.25, 0.3) is 22.3 Å². The zero-order valence-corrected chi connectivity index (χ0v) is 12.9. The van der Waals surface area contributed by atoms with Crippen molar-refractivity contribution in [1.82, 2.24) is 19.5 Å². The van der Waals surface area contributed by atoms with Gasteiger partial charge >= 0.3 is 0 Å². The van der Waals surface area contributed by atoms with Gasteiger partial charge in [0.2, 0.25) is 5.43 Å². The second kappa shape index (κ2) is 5.46. The number of aryl methyl sites for hydroxylation is 1. The zero-order chi connectivity index (χ0) is 15.0. The number of pyridine rings is 2. The molecule has 0 N–H and O–H groups in total. The third-order valence-corrected chi connectivity index (χ3v) is 3.96. The molecule has 0 saturated heterocycles. The van der Waals surface area contributed by atoms with Crippen LogP contribution in [0.3, 0.4) is 0 Å². The van der Waals surface area contributed by atoms with E-state index in [1.165, 1.54) is 11.8 Å². The summed E-state index contributed by atoms with van der Waals surface area (Å²) < 4.78 is 1.79. The number of rotatable bonds is 2. The summed E-state index contributed by atoms with van der Waals surface area (Å²) in [6.07, 6.45) is 6.76. The molecule has 0 bridgehead atoms. The molecule has 0 aromatic carbocycles. The minimum atomic E-state index is -0.170. The van der Waals surface area contributed by atoms with Gasteiger partial charge in [-0.3, -0.25) is 9.78 Å². The van der Waals surface area contributed by atoms with Crippen molar-refractivity contribution in [2.45, 2.75) is 5.16 Å². The molecule has 106 valence electrons. The molecule has 3 rings (SSSR count). The van der Waals surface area contributed by atoms with E-state index in [1.54, 1.807) is 35.3 Å². The maximum Gasteiger partial charge on any atom is 0.202 e. The van der Waals surface area contributed by atoms with Crippen LogP contribution in [0.15, 0.2) is 40.7 Å². The molecule has 0 aliphatic carbocycles. The summed E-state index contributed by atoms with van der Waals surface area (Å²) in [6, 6.07) is 3.44. The van der Waals surface area contributed by atoms with E-state index < -0.39 is 0 Å². The average Bonchev–Trinajstić information content (AvgIpc) is 2.51. The number of hydrogen-bond donors (Lipinski definition) is 0. The van der Waals surface area contributed by atoms with Gasteiger partial charge in [-0.15, -0.1) is 0 Å². The van der Waals surface area contributed by atoms with Gasteiger partial charge in [-0.1, -0.05) is 23.4 Å². The molecule has 0 saturated carbocycles. The minimum Gasteiger partial charge on any atom is -0.335 e. The first kappa shape index (κ1) is 14.0. The number of thioether (sulfide) groups is 1. The monoisotopic (exact) mass is 318 g/mol. The van der Waals surface area contributed by atoms with E-state index in [0.29, 0.717) is 32.5 Å². The Morgan fingerprint density at radius 2 is 2.14 bits per heavy atom. The Kier molecular flexibility index (Phi) is 3.65. The molecule has 3 aromatic heterocycles. The summed E-state index contributed by atoms with van der Waals surface area (Å²) >= 11 is 7.57. The van der Waals surface area contributed by atoms with E-state index in [-0.39, 0.29) is 5.43 Å². The fourth-order valence-corrected chi connectivity index (χ4v) is 2.65. The largest absolute Gasteiger partial charge is 0.335 e. The maximum absolute atomic E-state index is 12.6. The Bertz CT molecular complexity index is 894. The van der Waals surface area contributed by atoms with Crippen molar-refractivity contribution in [3.8, 4) is 11.3 Å². The van der Waals surface area contributed by atoms with Crippen LogP contribution < -0.4 is 5.43 Å². The van der Waals surface area contributed by atoms with Crippen LogP contribution in [0.1, 0.15) is 0 Å². The highest BCUT2D eigenvalue weighted by Gasteiger charge is 2.14. The van der Waals surface area contributed by atoms with E-state index in [2.05, 4.69) is 15.0 Å². The fraction of sp³-hybridized carbons (Fsp3) is 0.143. The standard InChI is InChI=1S/C14H11ClN4OS/c1-19-7-9(11-10(15)4-3-5-16-11)12(20)8-6-17-14(21-2)18-13(8)19/h3-7H,1-2H3. The molecule has 0 amide bonds. The highest BCUT2D eigenvalue weighted by molar-refractivity contribution is 7.98. The minimum absolute atomic E-state index is 0.170. The van der Waals surface area contributed by atoms with Crippen molar-refractivity contribution in [2.75, 3.05) is 6.26 Å². The highest BCUT2D eigenvalue weighted by Crippen LogP contribution is 2.24. The van der Waals surface area contributed by atoms with Gasteiger partial charge in [0.25, 0.3) is 0 Å². The van der Waals surface area contributed by atoms with Crippen LogP contribution in [0.4, 0.5) is 0 Å². The lowest BCUT2D eigenvalue weighted by Gasteiger charge is -2.09. The summed E-state index contributed by atoms with van der Waals surface area (Å²) in [4.78, 5) is 25.4.